The van der Waals surface area contributed by atoms with E-state index in [9.17, 15) is 14.7 Å². The number of hydrogen-bond donors (Lipinski definition) is 1. The molecule has 0 aromatic heterocycles. The van der Waals surface area contributed by atoms with Crippen LogP contribution in [0.1, 0.15) is 40.0 Å². The summed E-state index contributed by atoms with van der Waals surface area (Å²) in [5, 5.41) is 13.1. The van der Waals surface area contributed by atoms with Crippen LogP contribution in [0.2, 0.25) is 0 Å². The smallest absolute Gasteiger partial charge is 0.846 e. The SMILES string of the molecule is C=C.C=C.CCCC(C)C1(CC)C(=O)N=C([O-])NC1=O.[Na+]. The van der Waals surface area contributed by atoms with E-state index >= 15 is 0 Å². The molecule has 0 aromatic carbocycles. The summed E-state index contributed by atoms with van der Waals surface area (Å²) < 4.78 is 0. The molecule has 1 heterocycles. The Labute approximate surface area is 149 Å². The number of hydrogen-bond acceptors (Lipinski definition) is 3. The van der Waals surface area contributed by atoms with Crippen molar-refractivity contribution in [2.24, 2.45) is 16.3 Å². The van der Waals surface area contributed by atoms with Crippen molar-refractivity contribution < 1.29 is 44.3 Å². The molecule has 0 bridgehead atoms. The predicted molar refractivity (Wildman–Crippen MR) is 79.9 cm³/mol. The maximum absolute atomic E-state index is 11.9. The topological polar surface area (TPSA) is 81.6 Å². The second-order valence-corrected chi connectivity index (χ2v) is 4.19. The van der Waals surface area contributed by atoms with Gasteiger partial charge in [0, 0.05) is 0 Å². The summed E-state index contributed by atoms with van der Waals surface area (Å²) in [6.07, 6.45) is 2.02. The molecule has 1 rings (SSSR count). The van der Waals surface area contributed by atoms with Crippen LogP contribution in [0, 0.1) is 11.3 Å². The monoisotopic (exact) mass is 304 g/mol. The second kappa shape index (κ2) is 12.8. The average Bonchev–Trinajstić information content (AvgIpc) is 2.43. The van der Waals surface area contributed by atoms with Crippen molar-refractivity contribution in [3.05, 3.63) is 26.3 Å². The molecule has 1 aliphatic rings. The molecule has 0 saturated heterocycles. The van der Waals surface area contributed by atoms with Crippen LogP contribution >= 0.6 is 0 Å². The van der Waals surface area contributed by atoms with Gasteiger partial charge in [-0.05, 0) is 18.8 Å². The van der Waals surface area contributed by atoms with Gasteiger partial charge in [0.15, 0.2) is 0 Å². The zero-order valence-electron chi connectivity index (χ0n) is 13.7. The van der Waals surface area contributed by atoms with Gasteiger partial charge in [0.05, 0.1) is 6.02 Å². The van der Waals surface area contributed by atoms with Crippen LogP contribution in [0.25, 0.3) is 0 Å². The van der Waals surface area contributed by atoms with Crippen molar-refractivity contribution in [2.75, 3.05) is 0 Å². The van der Waals surface area contributed by atoms with Crippen LogP contribution in [-0.4, -0.2) is 17.8 Å². The van der Waals surface area contributed by atoms with Crippen LogP contribution in [0.5, 0.6) is 0 Å². The van der Waals surface area contributed by atoms with Gasteiger partial charge >= 0.3 is 29.6 Å². The summed E-state index contributed by atoms with van der Waals surface area (Å²) in [7, 11) is 0. The van der Waals surface area contributed by atoms with Crippen LogP contribution in [-0.2, 0) is 9.59 Å². The first-order valence-corrected chi connectivity index (χ1v) is 6.60. The quantitative estimate of drug-likeness (QED) is 0.402. The van der Waals surface area contributed by atoms with Crippen LogP contribution in [0.15, 0.2) is 31.3 Å². The predicted octanol–water partition coefficient (Wildman–Crippen LogP) is -1.20. The number of amides is 2. The molecule has 2 atom stereocenters. The van der Waals surface area contributed by atoms with Crippen LogP contribution < -0.4 is 40.0 Å². The van der Waals surface area contributed by atoms with Gasteiger partial charge in [-0.25, -0.2) is 4.99 Å². The molecule has 21 heavy (non-hydrogen) atoms. The Balaban J connectivity index is -0.000000595. The van der Waals surface area contributed by atoms with Gasteiger partial charge in [-0.2, -0.15) is 0 Å². The van der Waals surface area contributed by atoms with E-state index in [0.29, 0.717) is 6.42 Å². The molecule has 1 aliphatic heterocycles. The molecule has 6 heteroatoms. The first-order chi connectivity index (χ1) is 9.48. The molecule has 0 aliphatic carbocycles. The summed E-state index contributed by atoms with van der Waals surface area (Å²) in [6, 6.07) is -0.845. The molecular formula is C15H25N2NaO3. The van der Waals surface area contributed by atoms with E-state index in [4.69, 9.17) is 0 Å². The largest absolute Gasteiger partial charge is 1.00 e. The fraction of sp³-hybridized carbons (Fsp3) is 0.533. The number of nitrogens with zero attached hydrogens (tertiary/aromatic N) is 1. The average molecular weight is 304 g/mol. The zero-order chi connectivity index (χ0) is 16.3. The van der Waals surface area contributed by atoms with Crippen molar-refractivity contribution in [3.8, 4) is 0 Å². The molecule has 0 fully saturated rings. The molecule has 2 unspecified atom stereocenters. The molecule has 2 amide bonds. The third kappa shape index (κ3) is 5.77. The normalized spacial score (nSPS) is 21.2. The second-order valence-electron chi connectivity index (χ2n) is 4.19. The first kappa shape index (κ1) is 25.1. The van der Waals surface area contributed by atoms with Crippen molar-refractivity contribution >= 4 is 17.8 Å². The molecule has 0 radical (unpaired) electrons. The summed E-state index contributed by atoms with van der Waals surface area (Å²) in [5.41, 5.74) is -1.15. The van der Waals surface area contributed by atoms with Crippen LogP contribution in [0.4, 0.5) is 0 Å². The van der Waals surface area contributed by atoms with E-state index in [-0.39, 0.29) is 35.5 Å². The van der Waals surface area contributed by atoms with Crippen molar-refractivity contribution in [1.29, 1.82) is 0 Å². The molecular weight excluding hydrogens is 279 g/mol. The van der Waals surface area contributed by atoms with E-state index < -0.39 is 23.3 Å². The van der Waals surface area contributed by atoms with Crippen molar-refractivity contribution in [2.45, 2.75) is 40.0 Å². The molecule has 0 aromatic rings. The summed E-state index contributed by atoms with van der Waals surface area (Å²) >= 11 is 0. The first-order valence-electron chi connectivity index (χ1n) is 6.60. The minimum Gasteiger partial charge on any atom is -0.846 e. The van der Waals surface area contributed by atoms with Crippen molar-refractivity contribution in [3.63, 3.8) is 0 Å². The molecule has 0 spiro atoms. The van der Waals surface area contributed by atoms with E-state index in [2.05, 4.69) is 36.6 Å². The maximum Gasteiger partial charge on any atom is 1.00 e. The standard InChI is InChI=1S/C11H18N2O3.2C2H4.Na/c1-4-6-7(3)11(5-2)8(14)12-10(16)13-9(11)15;2*1-2;/h7H,4-6H2,1-3H3,(H2,12,13,14,15,16);2*1-2H2;/q;;;+1/p-1. The number of rotatable bonds is 4. The Hall–Kier alpha value is -0.910. The van der Waals surface area contributed by atoms with Gasteiger partial charge in [0.2, 0.25) is 5.91 Å². The Kier molecular flexibility index (Phi) is 15.3. The van der Waals surface area contributed by atoms with Gasteiger partial charge in [-0.3, -0.25) is 9.59 Å². The van der Waals surface area contributed by atoms with E-state index in [1.807, 2.05) is 13.8 Å². The Morgan fingerprint density at radius 2 is 1.71 bits per heavy atom. The van der Waals surface area contributed by atoms with Gasteiger partial charge in [0.25, 0.3) is 5.91 Å². The minimum atomic E-state index is -1.15. The minimum absolute atomic E-state index is 0. The fourth-order valence-corrected chi connectivity index (χ4v) is 2.30. The van der Waals surface area contributed by atoms with Gasteiger partial charge in [-0.15, -0.1) is 26.3 Å². The summed E-state index contributed by atoms with van der Waals surface area (Å²) in [6.45, 7) is 17.6. The number of nitrogens with one attached hydrogen (secondary N) is 1. The van der Waals surface area contributed by atoms with E-state index in [1.54, 1.807) is 6.92 Å². The molecule has 1 N–H and O–H groups in total. The van der Waals surface area contributed by atoms with E-state index in [0.717, 1.165) is 12.8 Å². The molecule has 5 nitrogen and oxygen atoms in total. The Morgan fingerprint density at radius 3 is 2.05 bits per heavy atom. The Bertz CT molecular complexity index is 370. The maximum atomic E-state index is 11.9. The van der Waals surface area contributed by atoms with Crippen molar-refractivity contribution in [1.82, 2.24) is 5.32 Å². The summed E-state index contributed by atoms with van der Waals surface area (Å²) in [5.74, 6) is -1.20. The zero-order valence-corrected chi connectivity index (χ0v) is 15.7. The number of carbonyl (C=O) groups is 2. The van der Waals surface area contributed by atoms with Gasteiger partial charge in [-0.1, -0.05) is 27.2 Å². The molecule has 114 valence electrons. The third-order valence-electron chi connectivity index (χ3n) is 3.33. The van der Waals surface area contributed by atoms with Gasteiger partial charge in [0.1, 0.15) is 5.41 Å². The Morgan fingerprint density at radius 1 is 1.24 bits per heavy atom. The number of carbonyl (C=O) groups excluding carboxylic acids is 2. The van der Waals surface area contributed by atoms with E-state index in [1.165, 1.54) is 0 Å². The molecule has 0 saturated carbocycles. The third-order valence-corrected chi connectivity index (χ3v) is 3.33. The fourth-order valence-electron chi connectivity index (χ4n) is 2.30. The summed E-state index contributed by atoms with van der Waals surface area (Å²) in [4.78, 5) is 27.1. The van der Waals surface area contributed by atoms with Crippen LogP contribution in [0.3, 0.4) is 0 Å². The number of aliphatic imine (C=N–C) groups is 1. The number of amidine groups is 1. The van der Waals surface area contributed by atoms with Gasteiger partial charge < -0.3 is 10.4 Å².